The second kappa shape index (κ2) is 3.30. The Morgan fingerprint density at radius 1 is 1.33 bits per heavy atom. The van der Waals surface area contributed by atoms with E-state index in [0.29, 0.717) is 6.42 Å². The number of ether oxygens (including phenoxy) is 1. The number of ketones is 1. The highest BCUT2D eigenvalue weighted by molar-refractivity contribution is 5.90. The summed E-state index contributed by atoms with van der Waals surface area (Å²) >= 11 is 0. The van der Waals surface area contributed by atoms with E-state index in [9.17, 15) is 4.79 Å². The summed E-state index contributed by atoms with van der Waals surface area (Å²) in [6, 6.07) is 0. The monoisotopic (exact) mass is 168 g/mol. The lowest BCUT2D eigenvalue weighted by molar-refractivity contribution is -0.115. The highest BCUT2D eigenvalue weighted by Gasteiger charge is 2.17. The standard InChI is InChI=1S/C10H16O2/c1-10(2,3)12-9-6-4-5-8(11)7-9/h7H,4-6H2,1-3H3. The quantitative estimate of drug-likeness (QED) is 0.601. The van der Waals surface area contributed by atoms with Crippen molar-refractivity contribution in [1.29, 1.82) is 0 Å². The minimum atomic E-state index is -0.177. The smallest absolute Gasteiger partial charge is 0.159 e. The molecular formula is C10H16O2. The van der Waals surface area contributed by atoms with Crippen LogP contribution >= 0.6 is 0 Å². The fourth-order valence-electron chi connectivity index (χ4n) is 1.23. The Hall–Kier alpha value is -0.790. The van der Waals surface area contributed by atoms with Crippen LogP contribution in [0.5, 0.6) is 0 Å². The number of hydrogen-bond donors (Lipinski definition) is 0. The summed E-state index contributed by atoms with van der Waals surface area (Å²) in [7, 11) is 0. The van der Waals surface area contributed by atoms with E-state index in [1.54, 1.807) is 6.08 Å². The van der Waals surface area contributed by atoms with E-state index in [2.05, 4.69) is 0 Å². The van der Waals surface area contributed by atoms with E-state index in [0.717, 1.165) is 18.6 Å². The van der Waals surface area contributed by atoms with Crippen molar-refractivity contribution in [1.82, 2.24) is 0 Å². The van der Waals surface area contributed by atoms with Gasteiger partial charge in [-0.25, -0.2) is 0 Å². The molecule has 0 spiro atoms. The molecule has 1 aliphatic rings. The SMILES string of the molecule is CC(C)(C)OC1=CC(=O)CCC1. The maximum atomic E-state index is 11.0. The van der Waals surface area contributed by atoms with Gasteiger partial charge in [0.1, 0.15) is 11.4 Å². The molecule has 0 aromatic rings. The largest absolute Gasteiger partial charge is 0.492 e. The summed E-state index contributed by atoms with van der Waals surface area (Å²) < 4.78 is 5.59. The van der Waals surface area contributed by atoms with Crippen molar-refractivity contribution in [2.24, 2.45) is 0 Å². The van der Waals surface area contributed by atoms with Crippen LogP contribution in [0.3, 0.4) is 0 Å². The van der Waals surface area contributed by atoms with Gasteiger partial charge in [0.05, 0.1) is 0 Å². The van der Waals surface area contributed by atoms with Crippen molar-refractivity contribution in [3.8, 4) is 0 Å². The van der Waals surface area contributed by atoms with Crippen LogP contribution < -0.4 is 0 Å². The molecule has 0 radical (unpaired) electrons. The van der Waals surface area contributed by atoms with Crippen molar-refractivity contribution in [3.05, 3.63) is 11.8 Å². The molecular weight excluding hydrogens is 152 g/mol. The predicted molar refractivity (Wildman–Crippen MR) is 47.8 cm³/mol. The van der Waals surface area contributed by atoms with E-state index >= 15 is 0 Å². The second-order valence-corrected chi connectivity index (χ2v) is 4.14. The van der Waals surface area contributed by atoms with Gasteiger partial charge in [0.2, 0.25) is 0 Å². The van der Waals surface area contributed by atoms with Crippen LogP contribution in [0.25, 0.3) is 0 Å². The molecule has 2 heteroatoms. The molecule has 1 aliphatic carbocycles. The van der Waals surface area contributed by atoms with E-state index in [4.69, 9.17) is 4.74 Å². The molecule has 0 heterocycles. The van der Waals surface area contributed by atoms with Crippen molar-refractivity contribution in [2.75, 3.05) is 0 Å². The van der Waals surface area contributed by atoms with Gasteiger partial charge in [-0.3, -0.25) is 4.79 Å². The molecule has 0 aromatic carbocycles. The molecule has 0 unspecified atom stereocenters. The van der Waals surface area contributed by atoms with Gasteiger partial charge >= 0.3 is 0 Å². The Kier molecular flexibility index (Phi) is 2.55. The summed E-state index contributed by atoms with van der Waals surface area (Å²) in [4.78, 5) is 11.0. The molecule has 12 heavy (non-hydrogen) atoms. The van der Waals surface area contributed by atoms with E-state index in [1.807, 2.05) is 20.8 Å². The van der Waals surface area contributed by atoms with Crippen LogP contribution in [-0.4, -0.2) is 11.4 Å². The van der Waals surface area contributed by atoms with E-state index < -0.39 is 0 Å². The van der Waals surface area contributed by atoms with Crippen LogP contribution in [-0.2, 0) is 9.53 Å². The molecule has 0 amide bonds. The number of allylic oxidation sites excluding steroid dienone is 2. The fraction of sp³-hybridized carbons (Fsp3) is 0.700. The van der Waals surface area contributed by atoms with Gasteiger partial charge < -0.3 is 4.74 Å². The molecule has 0 aliphatic heterocycles. The van der Waals surface area contributed by atoms with Crippen LogP contribution in [0.15, 0.2) is 11.8 Å². The van der Waals surface area contributed by atoms with Crippen LogP contribution in [0, 0.1) is 0 Å². The van der Waals surface area contributed by atoms with E-state index in [-0.39, 0.29) is 11.4 Å². The first-order valence-electron chi connectivity index (χ1n) is 4.40. The van der Waals surface area contributed by atoms with E-state index in [1.165, 1.54) is 0 Å². The molecule has 0 fully saturated rings. The number of rotatable bonds is 1. The zero-order chi connectivity index (χ0) is 9.19. The average Bonchev–Trinajstić information content (AvgIpc) is 1.82. The third-order valence-electron chi connectivity index (χ3n) is 1.61. The fourth-order valence-corrected chi connectivity index (χ4v) is 1.23. The van der Waals surface area contributed by atoms with Crippen molar-refractivity contribution in [3.63, 3.8) is 0 Å². The first-order chi connectivity index (χ1) is 5.47. The molecule has 0 saturated carbocycles. The number of carbonyl (C=O) groups is 1. The predicted octanol–water partition coefficient (Wildman–Crippen LogP) is 2.44. The zero-order valence-corrected chi connectivity index (χ0v) is 8.02. The second-order valence-electron chi connectivity index (χ2n) is 4.14. The summed E-state index contributed by atoms with van der Waals surface area (Å²) in [5, 5.41) is 0. The molecule has 0 bridgehead atoms. The summed E-state index contributed by atoms with van der Waals surface area (Å²) in [5.74, 6) is 1.04. The molecule has 0 atom stereocenters. The Bertz CT molecular complexity index is 208. The molecule has 2 nitrogen and oxygen atoms in total. The van der Waals surface area contributed by atoms with Gasteiger partial charge in [-0.05, 0) is 27.2 Å². The highest BCUT2D eigenvalue weighted by Crippen LogP contribution is 2.21. The van der Waals surface area contributed by atoms with Crippen molar-refractivity contribution < 1.29 is 9.53 Å². The maximum Gasteiger partial charge on any atom is 0.159 e. The third-order valence-corrected chi connectivity index (χ3v) is 1.61. The molecule has 0 aromatic heterocycles. The zero-order valence-electron chi connectivity index (χ0n) is 8.02. The molecule has 1 rings (SSSR count). The lowest BCUT2D eigenvalue weighted by Crippen LogP contribution is -2.20. The topological polar surface area (TPSA) is 26.3 Å². The van der Waals surface area contributed by atoms with Gasteiger partial charge in [0.25, 0.3) is 0 Å². The molecule has 0 saturated heterocycles. The number of carbonyl (C=O) groups excluding carboxylic acids is 1. The lowest BCUT2D eigenvalue weighted by Gasteiger charge is -2.24. The van der Waals surface area contributed by atoms with Crippen molar-refractivity contribution in [2.45, 2.75) is 45.6 Å². The first kappa shape index (κ1) is 9.30. The minimum Gasteiger partial charge on any atom is -0.492 e. The van der Waals surface area contributed by atoms with Crippen LogP contribution in [0.1, 0.15) is 40.0 Å². The van der Waals surface area contributed by atoms with Gasteiger partial charge in [-0.2, -0.15) is 0 Å². The Labute approximate surface area is 73.6 Å². The Morgan fingerprint density at radius 3 is 2.50 bits per heavy atom. The highest BCUT2D eigenvalue weighted by atomic mass is 16.5. The normalized spacial score (nSPS) is 18.9. The average molecular weight is 168 g/mol. The lowest BCUT2D eigenvalue weighted by atomic mass is 10.0. The Morgan fingerprint density at radius 2 is 2.00 bits per heavy atom. The van der Waals surface area contributed by atoms with Crippen LogP contribution in [0.4, 0.5) is 0 Å². The Balaban J connectivity index is 2.57. The summed E-state index contributed by atoms with van der Waals surface area (Å²) in [6.07, 6.45) is 4.15. The molecule has 68 valence electrons. The maximum absolute atomic E-state index is 11.0. The molecule has 0 N–H and O–H groups in total. The van der Waals surface area contributed by atoms with Crippen molar-refractivity contribution >= 4 is 5.78 Å². The minimum absolute atomic E-state index is 0.177. The third kappa shape index (κ3) is 3.07. The summed E-state index contributed by atoms with van der Waals surface area (Å²) in [5.41, 5.74) is -0.177. The van der Waals surface area contributed by atoms with Gasteiger partial charge in [-0.15, -0.1) is 0 Å². The summed E-state index contributed by atoms with van der Waals surface area (Å²) in [6.45, 7) is 5.98. The van der Waals surface area contributed by atoms with Gasteiger partial charge in [-0.1, -0.05) is 0 Å². The van der Waals surface area contributed by atoms with Gasteiger partial charge in [0.15, 0.2) is 5.78 Å². The first-order valence-corrected chi connectivity index (χ1v) is 4.40. The van der Waals surface area contributed by atoms with Gasteiger partial charge in [0, 0.05) is 18.9 Å². The van der Waals surface area contributed by atoms with Crippen LogP contribution in [0.2, 0.25) is 0 Å². The number of hydrogen-bond acceptors (Lipinski definition) is 2.